The Morgan fingerprint density at radius 1 is 1.17 bits per heavy atom. The number of halogens is 4. The predicted octanol–water partition coefficient (Wildman–Crippen LogP) is 1.97. The van der Waals surface area contributed by atoms with Crippen LogP contribution in [0.3, 0.4) is 0 Å². The summed E-state index contributed by atoms with van der Waals surface area (Å²) < 4.78 is 79.2. The van der Waals surface area contributed by atoms with Gasteiger partial charge in [-0.3, -0.25) is 4.79 Å². The van der Waals surface area contributed by atoms with E-state index in [9.17, 15) is 30.8 Å². The van der Waals surface area contributed by atoms with E-state index in [4.69, 9.17) is 5.11 Å². The van der Waals surface area contributed by atoms with Crippen LogP contribution in [0.2, 0.25) is 0 Å². The third-order valence-corrected chi connectivity index (χ3v) is 5.50. The number of hydrogen-bond acceptors (Lipinski definition) is 3. The van der Waals surface area contributed by atoms with Crippen molar-refractivity contribution in [1.82, 2.24) is 4.31 Å². The number of nitrogens with zero attached hydrogens (tertiary/aromatic N) is 1. The first-order valence-corrected chi connectivity index (χ1v) is 8.05. The van der Waals surface area contributed by atoms with E-state index >= 15 is 0 Å². The van der Waals surface area contributed by atoms with E-state index in [0.29, 0.717) is 4.31 Å². The Labute approximate surface area is 129 Å². The quantitative estimate of drug-likeness (QED) is 0.665. The molecule has 10 heteroatoms. The van der Waals surface area contributed by atoms with Crippen molar-refractivity contribution in [3.63, 3.8) is 0 Å². The number of aliphatic carboxylic acids is 1. The summed E-state index contributed by atoms with van der Waals surface area (Å²) in [6.45, 7) is 0.832. The Morgan fingerprint density at radius 2 is 1.70 bits per heavy atom. The molecule has 128 valence electrons. The predicted molar refractivity (Wildman–Crippen MR) is 69.9 cm³/mol. The van der Waals surface area contributed by atoms with E-state index in [1.165, 1.54) is 0 Å². The fourth-order valence-corrected chi connectivity index (χ4v) is 4.32. The van der Waals surface area contributed by atoms with Gasteiger partial charge in [0.1, 0.15) is 0 Å². The Morgan fingerprint density at radius 3 is 2.17 bits per heavy atom. The van der Waals surface area contributed by atoms with E-state index in [-0.39, 0.29) is 19.0 Å². The first-order valence-electron chi connectivity index (χ1n) is 6.61. The minimum Gasteiger partial charge on any atom is -0.481 e. The molecule has 0 aliphatic carbocycles. The molecule has 0 bridgehead atoms. The lowest BCUT2D eigenvalue weighted by Gasteiger charge is -2.33. The van der Waals surface area contributed by atoms with Crippen LogP contribution in [-0.4, -0.2) is 36.9 Å². The fraction of sp³-hybridized carbons (Fsp3) is 0.462. The smallest absolute Gasteiger partial charge is 0.307 e. The molecule has 23 heavy (non-hydrogen) atoms. The molecule has 1 aliphatic heterocycles. The van der Waals surface area contributed by atoms with Crippen LogP contribution in [0.1, 0.15) is 13.3 Å². The molecule has 1 heterocycles. The van der Waals surface area contributed by atoms with E-state index in [2.05, 4.69) is 0 Å². The molecule has 1 fully saturated rings. The van der Waals surface area contributed by atoms with Gasteiger partial charge in [-0.15, -0.1) is 0 Å². The summed E-state index contributed by atoms with van der Waals surface area (Å²) in [7, 11) is -4.93. The number of hydrogen-bond donors (Lipinski definition) is 1. The van der Waals surface area contributed by atoms with Crippen molar-refractivity contribution >= 4 is 16.0 Å². The van der Waals surface area contributed by atoms with Gasteiger partial charge in [0.25, 0.3) is 0 Å². The number of carboxylic acid groups (broad SMARTS) is 1. The summed E-state index contributed by atoms with van der Waals surface area (Å²) in [5, 5.41) is 9.02. The Kier molecular flexibility index (Phi) is 4.67. The van der Waals surface area contributed by atoms with Gasteiger partial charge in [-0.05, 0) is 12.3 Å². The van der Waals surface area contributed by atoms with Crippen molar-refractivity contribution in [2.45, 2.75) is 18.2 Å². The third-order valence-electron chi connectivity index (χ3n) is 3.64. The standard InChI is InChI=1S/C13H13F4NO4S/c1-6-2-7(13(19)20)5-18(4-6)23(21,22)12-10(16)8(14)3-9(15)11(12)17/h3,6-7H,2,4-5H2,1H3,(H,19,20). The lowest BCUT2D eigenvalue weighted by Crippen LogP contribution is -2.46. The highest BCUT2D eigenvalue weighted by atomic mass is 32.2. The number of benzene rings is 1. The number of sulfonamides is 1. The second kappa shape index (κ2) is 6.08. The molecule has 5 nitrogen and oxygen atoms in total. The molecule has 0 spiro atoms. The molecule has 0 saturated carbocycles. The first kappa shape index (κ1) is 17.7. The average Bonchev–Trinajstić information content (AvgIpc) is 2.44. The van der Waals surface area contributed by atoms with Gasteiger partial charge < -0.3 is 5.11 Å². The number of rotatable bonds is 3. The summed E-state index contributed by atoms with van der Waals surface area (Å²) in [5.74, 6) is -10.5. The number of carbonyl (C=O) groups is 1. The highest BCUT2D eigenvalue weighted by Gasteiger charge is 2.40. The van der Waals surface area contributed by atoms with Gasteiger partial charge >= 0.3 is 5.97 Å². The Bertz CT molecular complexity index is 727. The van der Waals surface area contributed by atoms with Gasteiger partial charge in [0, 0.05) is 19.2 Å². The van der Waals surface area contributed by atoms with Crippen LogP contribution < -0.4 is 0 Å². The summed E-state index contributed by atoms with van der Waals surface area (Å²) in [5.41, 5.74) is 0. The molecular formula is C13H13F4NO4S. The van der Waals surface area contributed by atoms with Crippen LogP contribution in [0.15, 0.2) is 11.0 Å². The maximum Gasteiger partial charge on any atom is 0.307 e. The SMILES string of the molecule is CC1CC(C(=O)O)CN(S(=O)(=O)c2c(F)c(F)cc(F)c2F)C1. The summed E-state index contributed by atoms with van der Waals surface area (Å²) in [4.78, 5) is 9.32. The average molecular weight is 355 g/mol. The van der Waals surface area contributed by atoms with Crippen molar-refractivity contribution in [1.29, 1.82) is 0 Å². The highest BCUT2D eigenvalue weighted by molar-refractivity contribution is 7.89. The second-order valence-corrected chi connectivity index (χ2v) is 7.37. The van der Waals surface area contributed by atoms with Crippen LogP contribution in [-0.2, 0) is 14.8 Å². The van der Waals surface area contributed by atoms with Gasteiger partial charge in [-0.25, -0.2) is 26.0 Å². The van der Waals surface area contributed by atoms with Crippen molar-refractivity contribution in [3.8, 4) is 0 Å². The molecule has 1 aromatic carbocycles. The van der Waals surface area contributed by atoms with Crippen LogP contribution in [0.5, 0.6) is 0 Å². The van der Waals surface area contributed by atoms with E-state index in [1.54, 1.807) is 6.92 Å². The van der Waals surface area contributed by atoms with E-state index in [0.717, 1.165) is 0 Å². The largest absolute Gasteiger partial charge is 0.481 e. The lowest BCUT2D eigenvalue weighted by molar-refractivity contribution is -0.143. The highest BCUT2D eigenvalue weighted by Crippen LogP contribution is 2.31. The third kappa shape index (κ3) is 3.18. The molecule has 0 aromatic heterocycles. The van der Waals surface area contributed by atoms with Gasteiger partial charge in [0.05, 0.1) is 5.92 Å². The topological polar surface area (TPSA) is 74.7 Å². The van der Waals surface area contributed by atoms with E-state index in [1.807, 2.05) is 0 Å². The van der Waals surface area contributed by atoms with Gasteiger partial charge in [0.15, 0.2) is 28.2 Å². The second-order valence-electron chi connectivity index (χ2n) is 5.50. The maximum atomic E-state index is 13.7. The molecule has 2 unspecified atom stereocenters. The summed E-state index contributed by atoms with van der Waals surface area (Å²) in [6.07, 6.45) is 0.184. The molecule has 0 radical (unpaired) electrons. The maximum absolute atomic E-state index is 13.7. The van der Waals surface area contributed by atoms with Crippen molar-refractivity contribution in [2.75, 3.05) is 13.1 Å². The molecule has 1 aromatic rings. The number of carboxylic acids is 1. The van der Waals surface area contributed by atoms with Crippen molar-refractivity contribution in [3.05, 3.63) is 29.3 Å². The minimum absolute atomic E-state index is 0.0947. The molecule has 0 amide bonds. The fourth-order valence-electron chi connectivity index (χ4n) is 2.58. The minimum atomic E-state index is -4.93. The Balaban J connectivity index is 2.53. The lowest BCUT2D eigenvalue weighted by atomic mass is 9.92. The molecule has 2 atom stereocenters. The summed E-state index contributed by atoms with van der Waals surface area (Å²) in [6, 6.07) is -0.0947. The van der Waals surface area contributed by atoms with Crippen molar-refractivity contribution in [2.24, 2.45) is 11.8 Å². The first-order chi connectivity index (χ1) is 10.6. The normalized spacial score (nSPS) is 23.0. The zero-order valence-corrected chi connectivity index (χ0v) is 12.7. The van der Waals surface area contributed by atoms with E-state index < -0.39 is 62.5 Å². The van der Waals surface area contributed by atoms with Crippen LogP contribution in [0.4, 0.5) is 17.6 Å². The zero-order chi connectivity index (χ0) is 17.5. The molecule has 1 N–H and O–H groups in total. The van der Waals surface area contributed by atoms with Gasteiger partial charge in [-0.1, -0.05) is 6.92 Å². The monoisotopic (exact) mass is 355 g/mol. The van der Waals surface area contributed by atoms with Crippen molar-refractivity contribution < 1.29 is 35.9 Å². The van der Waals surface area contributed by atoms with Crippen LogP contribution in [0, 0.1) is 35.1 Å². The zero-order valence-electron chi connectivity index (χ0n) is 11.9. The Hall–Kier alpha value is -1.68. The van der Waals surface area contributed by atoms with Gasteiger partial charge in [0.2, 0.25) is 10.0 Å². The molecular weight excluding hydrogens is 342 g/mol. The van der Waals surface area contributed by atoms with Gasteiger partial charge in [-0.2, -0.15) is 4.31 Å². The molecule has 1 saturated heterocycles. The van der Waals surface area contributed by atoms with Crippen LogP contribution in [0.25, 0.3) is 0 Å². The number of piperidine rings is 1. The van der Waals surface area contributed by atoms with Crippen LogP contribution >= 0.6 is 0 Å². The molecule has 1 aliphatic rings. The summed E-state index contributed by atoms with van der Waals surface area (Å²) >= 11 is 0. The molecule has 2 rings (SSSR count).